The van der Waals surface area contributed by atoms with Gasteiger partial charge >= 0.3 is 5.97 Å². The predicted octanol–water partition coefficient (Wildman–Crippen LogP) is 2.12. The van der Waals surface area contributed by atoms with Crippen LogP contribution in [-0.4, -0.2) is 30.1 Å². The fraction of sp³-hybridized carbons (Fsp3) is 0.615. The molecule has 94 valence electrons. The number of rotatable bonds is 4. The van der Waals surface area contributed by atoms with Crippen molar-refractivity contribution in [1.29, 1.82) is 0 Å². The molecule has 1 saturated heterocycles. The van der Waals surface area contributed by atoms with Crippen LogP contribution in [0, 0.1) is 6.92 Å². The molecule has 1 aromatic rings. The van der Waals surface area contributed by atoms with E-state index in [1.54, 1.807) is 0 Å². The Bertz CT molecular complexity index is 386. The number of esters is 1. The number of carbonyl (C=O) groups is 1. The lowest BCUT2D eigenvalue weighted by atomic mass is 10.2. The number of hydrogen-bond acceptors (Lipinski definition) is 4. The molecule has 0 aliphatic carbocycles. The molecular weight excluding hydrogens is 218 g/mol. The number of carbonyl (C=O) groups excluding carboxylic acids is 1. The summed E-state index contributed by atoms with van der Waals surface area (Å²) in [5.74, 6) is 1.72. The van der Waals surface area contributed by atoms with E-state index in [9.17, 15) is 4.79 Å². The molecule has 4 heteroatoms. The minimum Gasteiger partial charge on any atom is -0.465 e. The predicted molar refractivity (Wildman–Crippen MR) is 63.5 cm³/mol. The molecule has 1 aliphatic heterocycles. The van der Waals surface area contributed by atoms with Crippen LogP contribution in [0.2, 0.25) is 0 Å². The molecule has 0 N–H and O–H groups in total. The second-order valence-electron chi connectivity index (χ2n) is 4.39. The van der Waals surface area contributed by atoms with E-state index in [-0.39, 0.29) is 12.0 Å². The first-order valence-corrected chi connectivity index (χ1v) is 6.16. The first kappa shape index (κ1) is 12.2. The maximum Gasteiger partial charge on any atom is 0.323 e. The van der Waals surface area contributed by atoms with Gasteiger partial charge in [-0.25, -0.2) is 0 Å². The van der Waals surface area contributed by atoms with Crippen molar-refractivity contribution >= 4 is 5.97 Å². The normalized spacial score (nSPS) is 20.7. The lowest BCUT2D eigenvalue weighted by Crippen LogP contribution is -2.36. The maximum atomic E-state index is 11.8. The molecule has 0 bridgehead atoms. The van der Waals surface area contributed by atoms with Gasteiger partial charge in [-0.05, 0) is 45.4 Å². The Balaban J connectivity index is 1.97. The molecule has 1 unspecified atom stereocenters. The van der Waals surface area contributed by atoms with Gasteiger partial charge in [0.1, 0.15) is 17.6 Å². The van der Waals surface area contributed by atoms with Gasteiger partial charge in [0, 0.05) is 0 Å². The molecule has 0 amide bonds. The van der Waals surface area contributed by atoms with Crippen molar-refractivity contribution in [3.8, 4) is 0 Å². The van der Waals surface area contributed by atoms with Gasteiger partial charge in [0.25, 0.3) is 0 Å². The number of aryl methyl sites for hydroxylation is 1. The van der Waals surface area contributed by atoms with Gasteiger partial charge in [0.05, 0.1) is 13.2 Å². The highest BCUT2D eigenvalue weighted by molar-refractivity contribution is 5.76. The molecule has 0 spiro atoms. The molecule has 2 heterocycles. The number of likely N-dealkylation sites (tertiary alicyclic amines) is 1. The zero-order chi connectivity index (χ0) is 12.3. The van der Waals surface area contributed by atoms with Gasteiger partial charge in [-0.15, -0.1) is 0 Å². The second-order valence-corrected chi connectivity index (χ2v) is 4.39. The average molecular weight is 237 g/mol. The van der Waals surface area contributed by atoms with Crippen LogP contribution in [0.3, 0.4) is 0 Å². The summed E-state index contributed by atoms with van der Waals surface area (Å²) in [4.78, 5) is 13.9. The third-order valence-electron chi connectivity index (χ3n) is 3.08. The molecule has 1 aliphatic rings. The molecule has 0 aromatic carbocycles. The number of ether oxygens (including phenoxy) is 1. The Morgan fingerprint density at radius 2 is 2.41 bits per heavy atom. The quantitative estimate of drug-likeness (QED) is 0.752. The van der Waals surface area contributed by atoms with Crippen LogP contribution in [0.4, 0.5) is 0 Å². The molecule has 2 rings (SSSR count). The third kappa shape index (κ3) is 2.88. The minimum atomic E-state index is -0.103. The van der Waals surface area contributed by atoms with Gasteiger partial charge in [-0.1, -0.05) is 0 Å². The lowest BCUT2D eigenvalue weighted by molar-refractivity contribution is -0.148. The van der Waals surface area contributed by atoms with Crippen molar-refractivity contribution in [2.75, 3.05) is 13.2 Å². The average Bonchev–Trinajstić information content (AvgIpc) is 2.89. The van der Waals surface area contributed by atoms with Crippen molar-refractivity contribution in [3.05, 3.63) is 23.7 Å². The molecule has 0 radical (unpaired) electrons. The molecule has 1 atom stereocenters. The number of furan rings is 1. The maximum absolute atomic E-state index is 11.8. The Morgan fingerprint density at radius 3 is 3.06 bits per heavy atom. The zero-order valence-electron chi connectivity index (χ0n) is 10.4. The lowest BCUT2D eigenvalue weighted by Gasteiger charge is -2.21. The first-order chi connectivity index (χ1) is 8.20. The van der Waals surface area contributed by atoms with Gasteiger partial charge in [-0.3, -0.25) is 9.69 Å². The van der Waals surface area contributed by atoms with Crippen LogP contribution in [-0.2, 0) is 16.1 Å². The van der Waals surface area contributed by atoms with Crippen LogP contribution >= 0.6 is 0 Å². The zero-order valence-corrected chi connectivity index (χ0v) is 10.4. The smallest absolute Gasteiger partial charge is 0.323 e. The van der Waals surface area contributed by atoms with Crippen molar-refractivity contribution in [2.45, 2.75) is 39.3 Å². The van der Waals surface area contributed by atoms with Gasteiger partial charge in [0.15, 0.2) is 0 Å². The highest BCUT2D eigenvalue weighted by Gasteiger charge is 2.32. The van der Waals surface area contributed by atoms with Crippen LogP contribution in [0.1, 0.15) is 31.3 Å². The highest BCUT2D eigenvalue weighted by atomic mass is 16.5. The molecule has 1 aromatic heterocycles. The van der Waals surface area contributed by atoms with E-state index >= 15 is 0 Å². The summed E-state index contributed by atoms with van der Waals surface area (Å²) in [6.45, 7) is 5.84. The van der Waals surface area contributed by atoms with Gasteiger partial charge in [-0.2, -0.15) is 0 Å². The first-order valence-electron chi connectivity index (χ1n) is 6.16. The van der Waals surface area contributed by atoms with E-state index in [4.69, 9.17) is 9.15 Å². The summed E-state index contributed by atoms with van der Waals surface area (Å²) in [6.07, 6.45) is 1.93. The standard InChI is InChI=1S/C13H19NO3/c1-3-16-13(15)12-5-4-8-14(12)9-11-7-6-10(2)17-11/h6-7,12H,3-5,8-9H2,1-2H3. The van der Waals surface area contributed by atoms with Crippen LogP contribution < -0.4 is 0 Å². The SMILES string of the molecule is CCOC(=O)C1CCCN1Cc1ccc(C)o1. The van der Waals surface area contributed by atoms with Crippen LogP contribution in [0.25, 0.3) is 0 Å². The Morgan fingerprint density at radius 1 is 1.59 bits per heavy atom. The third-order valence-corrected chi connectivity index (χ3v) is 3.08. The molecular formula is C13H19NO3. The Labute approximate surface area is 102 Å². The van der Waals surface area contributed by atoms with Crippen molar-refractivity contribution in [1.82, 2.24) is 4.90 Å². The Kier molecular flexibility index (Phi) is 3.84. The summed E-state index contributed by atoms with van der Waals surface area (Å²) in [7, 11) is 0. The highest BCUT2D eigenvalue weighted by Crippen LogP contribution is 2.21. The summed E-state index contributed by atoms with van der Waals surface area (Å²) < 4.78 is 10.6. The monoisotopic (exact) mass is 237 g/mol. The molecule has 1 fully saturated rings. The summed E-state index contributed by atoms with van der Waals surface area (Å²) in [5.41, 5.74) is 0. The largest absolute Gasteiger partial charge is 0.465 e. The van der Waals surface area contributed by atoms with E-state index in [2.05, 4.69) is 4.90 Å². The van der Waals surface area contributed by atoms with Crippen LogP contribution in [0.5, 0.6) is 0 Å². The van der Waals surface area contributed by atoms with Gasteiger partial charge < -0.3 is 9.15 Å². The molecule has 4 nitrogen and oxygen atoms in total. The van der Waals surface area contributed by atoms with E-state index < -0.39 is 0 Å². The molecule has 0 saturated carbocycles. The second kappa shape index (κ2) is 5.36. The summed E-state index contributed by atoms with van der Waals surface area (Å²) in [5, 5.41) is 0. The van der Waals surface area contributed by atoms with Crippen molar-refractivity contribution < 1.29 is 13.9 Å². The minimum absolute atomic E-state index is 0.0969. The van der Waals surface area contributed by atoms with Crippen LogP contribution in [0.15, 0.2) is 16.5 Å². The van der Waals surface area contributed by atoms with E-state index in [0.29, 0.717) is 13.2 Å². The van der Waals surface area contributed by atoms with E-state index in [1.807, 2.05) is 26.0 Å². The summed E-state index contributed by atoms with van der Waals surface area (Å²) >= 11 is 0. The number of nitrogens with zero attached hydrogens (tertiary/aromatic N) is 1. The number of hydrogen-bond donors (Lipinski definition) is 0. The van der Waals surface area contributed by atoms with E-state index in [0.717, 1.165) is 30.9 Å². The summed E-state index contributed by atoms with van der Waals surface area (Å²) in [6, 6.07) is 3.82. The van der Waals surface area contributed by atoms with Crippen molar-refractivity contribution in [2.24, 2.45) is 0 Å². The van der Waals surface area contributed by atoms with Gasteiger partial charge in [0.2, 0.25) is 0 Å². The van der Waals surface area contributed by atoms with E-state index in [1.165, 1.54) is 0 Å². The topological polar surface area (TPSA) is 42.7 Å². The Hall–Kier alpha value is -1.29. The van der Waals surface area contributed by atoms with Crippen molar-refractivity contribution in [3.63, 3.8) is 0 Å². The molecule has 17 heavy (non-hydrogen) atoms. The fourth-order valence-electron chi connectivity index (χ4n) is 2.29. The fourth-order valence-corrected chi connectivity index (χ4v) is 2.29.